The van der Waals surface area contributed by atoms with E-state index in [0.717, 1.165) is 10.2 Å². The summed E-state index contributed by atoms with van der Waals surface area (Å²) in [6, 6.07) is 15.6. The fourth-order valence-corrected chi connectivity index (χ4v) is 2.25. The SMILES string of the molecule is Cn1nc(C(=O)NCc2cccc(Oc3ccc(F)cc3)c2)ccc1=O. The van der Waals surface area contributed by atoms with Crippen molar-refractivity contribution in [1.29, 1.82) is 0 Å². The number of carbonyl (C=O) groups is 1. The van der Waals surface area contributed by atoms with Crippen molar-refractivity contribution in [1.82, 2.24) is 15.1 Å². The number of hydrogen-bond acceptors (Lipinski definition) is 4. The van der Waals surface area contributed by atoms with E-state index < -0.39 is 0 Å². The highest BCUT2D eigenvalue weighted by Gasteiger charge is 2.08. The zero-order valence-electron chi connectivity index (χ0n) is 14.0. The second-order valence-electron chi connectivity index (χ2n) is 5.57. The molecule has 0 unspecified atom stereocenters. The predicted molar refractivity (Wildman–Crippen MR) is 93.6 cm³/mol. The molecule has 1 N–H and O–H groups in total. The number of halogens is 1. The molecule has 7 heteroatoms. The summed E-state index contributed by atoms with van der Waals surface area (Å²) in [5, 5.41) is 6.64. The first-order chi connectivity index (χ1) is 12.5. The monoisotopic (exact) mass is 353 g/mol. The second-order valence-corrected chi connectivity index (χ2v) is 5.57. The molecule has 0 atom stereocenters. The third-order valence-corrected chi connectivity index (χ3v) is 3.59. The fourth-order valence-electron chi connectivity index (χ4n) is 2.25. The van der Waals surface area contributed by atoms with Gasteiger partial charge in [-0.05, 0) is 48.0 Å². The van der Waals surface area contributed by atoms with Crippen LogP contribution in [0.25, 0.3) is 0 Å². The zero-order chi connectivity index (χ0) is 18.5. The number of nitrogens with one attached hydrogen (secondary N) is 1. The molecule has 0 saturated heterocycles. The molecular weight excluding hydrogens is 337 g/mol. The van der Waals surface area contributed by atoms with Crippen LogP contribution in [0.3, 0.4) is 0 Å². The van der Waals surface area contributed by atoms with Crippen molar-refractivity contribution in [2.75, 3.05) is 0 Å². The number of benzene rings is 2. The van der Waals surface area contributed by atoms with Crippen LogP contribution in [-0.4, -0.2) is 15.7 Å². The molecule has 3 rings (SSSR count). The summed E-state index contributed by atoms with van der Waals surface area (Å²) in [5.74, 6) is 0.372. The maximum absolute atomic E-state index is 12.9. The maximum atomic E-state index is 12.9. The van der Waals surface area contributed by atoms with E-state index in [1.54, 1.807) is 18.2 Å². The molecule has 3 aromatic rings. The Hall–Kier alpha value is -3.48. The minimum Gasteiger partial charge on any atom is -0.457 e. The molecule has 0 aliphatic heterocycles. The van der Waals surface area contributed by atoms with Crippen LogP contribution in [0.1, 0.15) is 16.1 Å². The van der Waals surface area contributed by atoms with Gasteiger partial charge in [-0.1, -0.05) is 12.1 Å². The molecule has 2 aromatic carbocycles. The van der Waals surface area contributed by atoms with E-state index in [9.17, 15) is 14.0 Å². The number of aromatic nitrogens is 2. The van der Waals surface area contributed by atoms with Gasteiger partial charge < -0.3 is 10.1 Å². The summed E-state index contributed by atoms with van der Waals surface area (Å²) in [6.45, 7) is 0.268. The van der Waals surface area contributed by atoms with E-state index in [1.165, 1.54) is 43.4 Å². The lowest BCUT2D eigenvalue weighted by Crippen LogP contribution is -2.28. The van der Waals surface area contributed by atoms with Crippen LogP contribution in [0, 0.1) is 5.82 Å². The Bertz CT molecular complexity index is 984. The van der Waals surface area contributed by atoms with Crippen molar-refractivity contribution < 1.29 is 13.9 Å². The van der Waals surface area contributed by atoms with E-state index in [1.807, 2.05) is 6.07 Å². The van der Waals surface area contributed by atoms with Crippen LogP contribution in [0.2, 0.25) is 0 Å². The van der Waals surface area contributed by atoms with E-state index in [-0.39, 0.29) is 29.5 Å². The average Bonchev–Trinajstić information content (AvgIpc) is 2.64. The van der Waals surface area contributed by atoms with Gasteiger partial charge in [-0.25, -0.2) is 9.07 Å². The molecule has 1 heterocycles. The smallest absolute Gasteiger partial charge is 0.271 e. The Balaban J connectivity index is 1.64. The van der Waals surface area contributed by atoms with E-state index in [0.29, 0.717) is 11.5 Å². The first kappa shape index (κ1) is 17.3. The highest BCUT2D eigenvalue weighted by atomic mass is 19.1. The normalized spacial score (nSPS) is 10.4. The number of ether oxygens (including phenoxy) is 1. The summed E-state index contributed by atoms with van der Waals surface area (Å²) in [6.07, 6.45) is 0. The molecule has 1 amide bonds. The number of aryl methyl sites for hydroxylation is 1. The van der Waals surface area contributed by atoms with Crippen molar-refractivity contribution >= 4 is 5.91 Å². The first-order valence-corrected chi connectivity index (χ1v) is 7.86. The molecule has 0 aliphatic rings. The van der Waals surface area contributed by atoms with Gasteiger partial charge in [0.15, 0.2) is 0 Å². The fraction of sp³-hybridized carbons (Fsp3) is 0.105. The average molecular weight is 353 g/mol. The molecule has 0 spiro atoms. The number of rotatable bonds is 5. The highest BCUT2D eigenvalue weighted by Crippen LogP contribution is 2.22. The Morgan fingerprint density at radius 1 is 1.12 bits per heavy atom. The second kappa shape index (κ2) is 7.60. The molecule has 0 radical (unpaired) electrons. The zero-order valence-corrected chi connectivity index (χ0v) is 14.0. The van der Waals surface area contributed by atoms with Gasteiger partial charge in [0.25, 0.3) is 11.5 Å². The van der Waals surface area contributed by atoms with E-state index in [4.69, 9.17) is 4.74 Å². The van der Waals surface area contributed by atoms with Crippen molar-refractivity contribution in [3.63, 3.8) is 0 Å². The van der Waals surface area contributed by atoms with Gasteiger partial charge in [0.05, 0.1) is 0 Å². The highest BCUT2D eigenvalue weighted by molar-refractivity contribution is 5.91. The number of nitrogens with zero attached hydrogens (tertiary/aromatic N) is 2. The minimum absolute atomic E-state index is 0.158. The van der Waals surface area contributed by atoms with Crippen LogP contribution in [0.15, 0.2) is 65.5 Å². The van der Waals surface area contributed by atoms with Gasteiger partial charge in [-0.3, -0.25) is 9.59 Å². The molecule has 0 aliphatic carbocycles. The number of amides is 1. The maximum Gasteiger partial charge on any atom is 0.271 e. The van der Waals surface area contributed by atoms with Crippen LogP contribution in [0.4, 0.5) is 4.39 Å². The summed E-state index contributed by atoms with van der Waals surface area (Å²) in [7, 11) is 1.48. The lowest BCUT2D eigenvalue weighted by Gasteiger charge is -2.09. The van der Waals surface area contributed by atoms with Crippen molar-refractivity contribution in [2.24, 2.45) is 7.05 Å². The molecule has 6 nitrogen and oxygen atoms in total. The van der Waals surface area contributed by atoms with E-state index in [2.05, 4.69) is 10.4 Å². The molecule has 26 heavy (non-hydrogen) atoms. The lowest BCUT2D eigenvalue weighted by molar-refractivity contribution is 0.0943. The van der Waals surface area contributed by atoms with Crippen LogP contribution >= 0.6 is 0 Å². The van der Waals surface area contributed by atoms with Gasteiger partial charge in [0.1, 0.15) is 23.0 Å². The molecule has 0 fully saturated rings. The summed E-state index contributed by atoms with van der Waals surface area (Å²) < 4.78 is 19.7. The van der Waals surface area contributed by atoms with Gasteiger partial charge in [-0.15, -0.1) is 0 Å². The standard InChI is InChI=1S/C19H16FN3O3/c1-23-18(24)10-9-17(22-23)19(25)21-12-13-3-2-4-16(11-13)26-15-7-5-14(20)6-8-15/h2-11H,12H2,1H3,(H,21,25). The van der Waals surface area contributed by atoms with Crippen molar-refractivity contribution in [2.45, 2.75) is 6.54 Å². The quantitative estimate of drug-likeness (QED) is 0.765. The van der Waals surface area contributed by atoms with Crippen LogP contribution in [-0.2, 0) is 13.6 Å². The van der Waals surface area contributed by atoms with Gasteiger partial charge >= 0.3 is 0 Å². The summed E-state index contributed by atoms with van der Waals surface area (Å²) in [5.41, 5.74) is 0.695. The molecule has 132 valence electrons. The Morgan fingerprint density at radius 3 is 2.62 bits per heavy atom. The molecular formula is C19H16FN3O3. The Labute approximate surface area is 148 Å². The number of carbonyl (C=O) groups excluding carboxylic acids is 1. The third kappa shape index (κ3) is 4.32. The minimum atomic E-state index is -0.384. The van der Waals surface area contributed by atoms with Gasteiger partial charge in [0, 0.05) is 19.7 Å². The Morgan fingerprint density at radius 2 is 1.88 bits per heavy atom. The van der Waals surface area contributed by atoms with Crippen molar-refractivity contribution in [3.05, 3.63) is 88.1 Å². The van der Waals surface area contributed by atoms with Gasteiger partial charge in [-0.2, -0.15) is 5.10 Å². The largest absolute Gasteiger partial charge is 0.457 e. The Kier molecular flexibility index (Phi) is 5.07. The third-order valence-electron chi connectivity index (χ3n) is 3.59. The molecule has 1 aromatic heterocycles. The first-order valence-electron chi connectivity index (χ1n) is 7.86. The topological polar surface area (TPSA) is 73.2 Å². The molecule has 0 bridgehead atoms. The lowest BCUT2D eigenvalue weighted by atomic mass is 10.2. The predicted octanol–water partition coefficient (Wildman–Crippen LogP) is 2.64. The van der Waals surface area contributed by atoms with E-state index >= 15 is 0 Å². The summed E-state index contributed by atoms with van der Waals surface area (Å²) >= 11 is 0. The van der Waals surface area contributed by atoms with Gasteiger partial charge in [0.2, 0.25) is 0 Å². The van der Waals surface area contributed by atoms with Crippen LogP contribution in [0.5, 0.6) is 11.5 Å². The van der Waals surface area contributed by atoms with Crippen LogP contribution < -0.4 is 15.6 Å². The summed E-state index contributed by atoms with van der Waals surface area (Å²) in [4.78, 5) is 23.4. The van der Waals surface area contributed by atoms with Crippen molar-refractivity contribution in [3.8, 4) is 11.5 Å². The number of hydrogen-bond donors (Lipinski definition) is 1. The molecule has 0 saturated carbocycles.